The molecule has 2 atom stereocenters. The first-order valence-corrected chi connectivity index (χ1v) is 7.11. The Labute approximate surface area is 99.3 Å². The summed E-state index contributed by atoms with van der Waals surface area (Å²) in [4.78, 5) is 27.9. The summed E-state index contributed by atoms with van der Waals surface area (Å²) < 4.78 is 0. The van der Waals surface area contributed by atoms with Gasteiger partial charge in [0.25, 0.3) is 5.91 Å². The number of piperazine rings is 1. The van der Waals surface area contributed by atoms with Crippen molar-refractivity contribution in [2.75, 3.05) is 19.3 Å². The zero-order valence-electron chi connectivity index (χ0n) is 9.44. The van der Waals surface area contributed by atoms with Crippen LogP contribution < -0.4 is 0 Å². The molecule has 0 aliphatic carbocycles. The Morgan fingerprint density at radius 1 is 1.31 bits per heavy atom. The maximum atomic E-state index is 12.5. The third-order valence-corrected chi connectivity index (χ3v) is 5.34. The summed E-state index contributed by atoms with van der Waals surface area (Å²) in [6.07, 6.45) is 5.55. The van der Waals surface area contributed by atoms with Crippen molar-refractivity contribution in [1.29, 1.82) is 0 Å². The molecule has 3 aliphatic heterocycles. The number of nitrogens with zero attached hydrogens (tertiary/aromatic N) is 2. The molecule has 0 bridgehead atoms. The van der Waals surface area contributed by atoms with Crippen LogP contribution in [0.25, 0.3) is 0 Å². The maximum Gasteiger partial charge on any atom is 0.259 e. The number of carbonyl (C=O) groups is 2. The molecule has 0 radical (unpaired) electrons. The lowest BCUT2D eigenvalue weighted by molar-refractivity contribution is -0.159. The number of carbonyl (C=O) groups excluding carboxylic acids is 2. The molecule has 3 saturated heterocycles. The quantitative estimate of drug-likeness (QED) is 0.676. The first kappa shape index (κ1) is 10.4. The average molecular weight is 240 g/mol. The van der Waals surface area contributed by atoms with Gasteiger partial charge in [0.2, 0.25) is 5.91 Å². The smallest absolute Gasteiger partial charge is 0.259 e. The fourth-order valence-electron chi connectivity index (χ4n) is 3.27. The van der Waals surface area contributed by atoms with E-state index >= 15 is 0 Å². The van der Waals surface area contributed by atoms with Gasteiger partial charge in [0.1, 0.15) is 6.04 Å². The molecule has 3 fully saturated rings. The predicted molar refractivity (Wildman–Crippen MR) is 61.9 cm³/mol. The number of thioether (sulfide) groups is 1. The normalized spacial score (nSPS) is 37.9. The fourth-order valence-corrected chi connectivity index (χ4v) is 4.32. The topological polar surface area (TPSA) is 40.6 Å². The Hall–Kier alpha value is -0.710. The summed E-state index contributed by atoms with van der Waals surface area (Å²) in [6, 6.07) is -0.147. The Kier molecular flexibility index (Phi) is 2.21. The van der Waals surface area contributed by atoms with Gasteiger partial charge in [0.15, 0.2) is 4.87 Å². The zero-order valence-corrected chi connectivity index (χ0v) is 10.3. The van der Waals surface area contributed by atoms with Gasteiger partial charge >= 0.3 is 0 Å². The molecule has 0 aromatic rings. The van der Waals surface area contributed by atoms with E-state index in [9.17, 15) is 9.59 Å². The van der Waals surface area contributed by atoms with Crippen molar-refractivity contribution in [2.24, 2.45) is 0 Å². The lowest BCUT2D eigenvalue weighted by atomic mass is 10.1. The molecule has 3 heterocycles. The molecule has 0 spiro atoms. The Morgan fingerprint density at radius 2 is 2.12 bits per heavy atom. The zero-order chi connectivity index (χ0) is 11.3. The lowest BCUT2D eigenvalue weighted by Gasteiger charge is -2.46. The first-order chi connectivity index (χ1) is 7.70. The van der Waals surface area contributed by atoms with Gasteiger partial charge in [0, 0.05) is 13.1 Å². The molecule has 0 aromatic heterocycles. The monoisotopic (exact) mass is 240 g/mol. The first-order valence-electron chi connectivity index (χ1n) is 5.88. The third-order valence-electron chi connectivity index (χ3n) is 4.07. The van der Waals surface area contributed by atoms with E-state index < -0.39 is 4.87 Å². The Balaban J connectivity index is 2.04. The molecule has 5 heteroatoms. The molecule has 88 valence electrons. The molecule has 0 unspecified atom stereocenters. The number of hydrogen-bond acceptors (Lipinski definition) is 3. The maximum absolute atomic E-state index is 12.5. The van der Waals surface area contributed by atoms with Crippen LogP contribution in [-0.2, 0) is 9.59 Å². The average Bonchev–Trinajstić information content (AvgIpc) is 2.93. The van der Waals surface area contributed by atoms with E-state index in [1.54, 1.807) is 0 Å². The molecular formula is C11H16N2O2S. The van der Waals surface area contributed by atoms with E-state index in [0.717, 1.165) is 38.8 Å². The van der Waals surface area contributed by atoms with Crippen LogP contribution >= 0.6 is 11.8 Å². The van der Waals surface area contributed by atoms with Crippen LogP contribution in [0.15, 0.2) is 0 Å². The van der Waals surface area contributed by atoms with Crippen LogP contribution in [0.3, 0.4) is 0 Å². The molecule has 3 aliphatic rings. The van der Waals surface area contributed by atoms with Crippen LogP contribution in [0, 0.1) is 0 Å². The number of rotatable bonds is 1. The van der Waals surface area contributed by atoms with E-state index in [1.807, 2.05) is 16.1 Å². The number of fused-ring (bicyclic) bond motifs is 2. The molecule has 3 rings (SSSR count). The Bertz CT molecular complexity index is 360. The van der Waals surface area contributed by atoms with Gasteiger partial charge in [-0.25, -0.2) is 0 Å². The van der Waals surface area contributed by atoms with Crippen molar-refractivity contribution in [3.63, 3.8) is 0 Å². The minimum absolute atomic E-state index is 0.147. The van der Waals surface area contributed by atoms with Gasteiger partial charge in [-0.15, -0.1) is 11.8 Å². The lowest BCUT2D eigenvalue weighted by Crippen LogP contribution is -2.66. The standard InChI is InChI=1S/C11H16N2O2S/c1-16-11-5-3-7-13(11)9(14)8-4-2-6-12(8)10(11)15/h8H,2-7H2,1H3/t8-,11+/m1/s1. The second-order valence-electron chi connectivity index (χ2n) is 4.74. The summed E-state index contributed by atoms with van der Waals surface area (Å²) in [6.45, 7) is 1.53. The van der Waals surface area contributed by atoms with Crippen molar-refractivity contribution in [1.82, 2.24) is 9.80 Å². The summed E-state index contributed by atoms with van der Waals surface area (Å²) in [5.74, 6) is 0.364. The highest BCUT2D eigenvalue weighted by molar-refractivity contribution is 8.00. The predicted octanol–water partition coefficient (Wildman–Crippen LogP) is 0.673. The van der Waals surface area contributed by atoms with Crippen molar-refractivity contribution in [3.8, 4) is 0 Å². The fraction of sp³-hybridized carbons (Fsp3) is 0.818. The second kappa shape index (κ2) is 3.39. The van der Waals surface area contributed by atoms with Crippen molar-refractivity contribution < 1.29 is 9.59 Å². The largest absolute Gasteiger partial charge is 0.328 e. The van der Waals surface area contributed by atoms with Gasteiger partial charge < -0.3 is 9.80 Å². The second-order valence-corrected chi connectivity index (χ2v) is 5.82. The molecule has 0 saturated carbocycles. The summed E-state index contributed by atoms with van der Waals surface area (Å²) in [5.41, 5.74) is 0. The molecule has 0 aromatic carbocycles. The molecular weight excluding hydrogens is 224 g/mol. The van der Waals surface area contributed by atoms with Crippen molar-refractivity contribution in [2.45, 2.75) is 36.6 Å². The van der Waals surface area contributed by atoms with Gasteiger partial charge in [-0.05, 0) is 31.9 Å². The van der Waals surface area contributed by atoms with Gasteiger partial charge in [0.05, 0.1) is 0 Å². The SMILES string of the molecule is CS[C@]12CCCN1C(=O)[C@H]1CCCN1C2=O. The molecule has 4 nitrogen and oxygen atoms in total. The highest BCUT2D eigenvalue weighted by Gasteiger charge is 2.58. The molecule has 16 heavy (non-hydrogen) atoms. The summed E-state index contributed by atoms with van der Waals surface area (Å²) in [5, 5.41) is 0. The highest BCUT2D eigenvalue weighted by atomic mass is 32.2. The van der Waals surface area contributed by atoms with Crippen LogP contribution in [0.5, 0.6) is 0 Å². The number of amides is 2. The third kappa shape index (κ3) is 1.07. The van der Waals surface area contributed by atoms with Gasteiger partial charge in [-0.2, -0.15) is 0 Å². The van der Waals surface area contributed by atoms with E-state index in [-0.39, 0.29) is 17.9 Å². The van der Waals surface area contributed by atoms with Gasteiger partial charge in [-0.3, -0.25) is 9.59 Å². The van der Waals surface area contributed by atoms with Crippen LogP contribution in [0.2, 0.25) is 0 Å². The van der Waals surface area contributed by atoms with E-state index in [1.165, 1.54) is 11.8 Å². The van der Waals surface area contributed by atoms with Crippen LogP contribution in [0.4, 0.5) is 0 Å². The van der Waals surface area contributed by atoms with E-state index in [4.69, 9.17) is 0 Å². The molecule has 2 amide bonds. The van der Waals surface area contributed by atoms with E-state index in [0.29, 0.717) is 0 Å². The summed E-state index contributed by atoms with van der Waals surface area (Å²) in [7, 11) is 0. The van der Waals surface area contributed by atoms with Crippen molar-refractivity contribution in [3.05, 3.63) is 0 Å². The highest BCUT2D eigenvalue weighted by Crippen LogP contribution is 2.45. The minimum Gasteiger partial charge on any atom is -0.328 e. The summed E-state index contributed by atoms with van der Waals surface area (Å²) >= 11 is 1.54. The van der Waals surface area contributed by atoms with E-state index in [2.05, 4.69) is 0 Å². The number of hydrogen-bond donors (Lipinski definition) is 0. The van der Waals surface area contributed by atoms with Gasteiger partial charge in [-0.1, -0.05) is 0 Å². The van der Waals surface area contributed by atoms with Crippen molar-refractivity contribution >= 4 is 23.6 Å². The van der Waals surface area contributed by atoms with Crippen LogP contribution in [-0.4, -0.2) is 51.9 Å². The van der Waals surface area contributed by atoms with Crippen LogP contribution in [0.1, 0.15) is 25.7 Å². The molecule has 0 N–H and O–H groups in total. The Morgan fingerprint density at radius 3 is 2.88 bits per heavy atom. The minimum atomic E-state index is -0.558.